The number of halogens is 1. The van der Waals surface area contributed by atoms with E-state index in [2.05, 4.69) is 0 Å². The highest BCUT2D eigenvalue weighted by molar-refractivity contribution is 6.31. The van der Waals surface area contributed by atoms with Crippen LogP contribution in [0.4, 0.5) is 0 Å². The zero-order valence-electron chi connectivity index (χ0n) is 11.0. The minimum Gasteiger partial charge on any atom is -0.467 e. The second-order valence-corrected chi connectivity index (χ2v) is 4.87. The third-order valence-corrected chi connectivity index (χ3v) is 3.60. The standard InChI is InChI=1S/C15H16ClNO2/c1-11(14-8-5-9-19-14)17(2)15(18)10-12-6-3-4-7-13(12)16/h3-9,11H,10H2,1-2H3. The van der Waals surface area contributed by atoms with E-state index in [9.17, 15) is 4.79 Å². The molecule has 0 bridgehead atoms. The van der Waals surface area contributed by atoms with Gasteiger partial charge in [0.1, 0.15) is 5.76 Å². The fraction of sp³-hybridized carbons (Fsp3) is 0.267. The molecule has 0 aliphatic carbocycles. The molecule has 0 aliphatic rings. The van der Waals surface area contributed by atoms with Gasteiger partial charge in [-0.25, -0.2) is 0 Å². The number of likely N-dealkylation sites (N-methyl/N-ethyl adjacent to an activating group) is 1. The van der Waals surface area contributed by atoms with Crippen LogP contribution in [0.15, 0.2) is 47.1 Å². The molecule has 0 spiro atoms. The van der Waals surface area contributed by atoms with Crippen molar-refractivity contribution in [3.63, 3.8) is 0 Å². The quantitative estimate of drug-likeness (QED) is 0.854. The summed E-state index contributed by atoms with van der Waals surface area (Å²) >= 11 is 6.06. The minimum absolute atomic E-state index is 0.0111. The first-order valence-electron chi connectivity index (χ1n) is 6.12. The van der Waals surface area contributed by atoms with E-state index >= 15 is 0 Å². The number of amides is 1. The third-order valence-electron chi connectivity index (χ3n) is 3.23. The Morgan fingerprint density at radius 1 is 1.32 bits per heavy atom. The van der Waals surface area contributed by atoms with Gasteiger partial charge in [0.15, 0.2) is 0 Å². The van der Waals surface area contributed by atoms with E-state index in [1.54, 1.807) is 24.3 Å². The normalized spacial score (nSPS) is 12.2. The molecule has 0 N–H and O–H groups in total. The molecule has 1 heterocycles. The SMILES string of the molecule is CC(c1ccco1)N(C)C(=O)Cc1ccccc1Cl. The first kappa shape index (κ1) is 13.7. The summed E-state index contributed by atoms with van der Waals surface area (Å²) in [6.07, 6.45) is 1.90. The van der Waals surface area contributed by atoms with Crippen LogP contribution in [0, 0.1) is 0 Å². The second kappa shape index (κ2) is 5.93. The molecule has 1 amide bonds. The summed E-state index contributed by atoms with van der Waals surface area (Å²) in [5.74, 6) is 0.784. The highest BCUT2D eigenvalue weighted by atomic mass is 35.5. The van der Waals surface area contributed by atoms with Crippen LogP contribution in [0.25, 0.3) is 0 Å². The van der Waals surface area contributed by atoms with Gasteiger partial charge in [-0.05, 0) is 30.7 Å². The fourth-order valence-electron chi connectivity index (χ4n) is 1.87. The van der Waals surface area contributed by atoms with Gasteiger partial charge in [0, 0.05) is 12.1 Å². The van der Waals surface area contributed by atoms with Gasteiger partial charge in [-0.3, -0.25) is 4.79 Å². The molecular formula is C15H16ClNO2. The molecule has 3 nitrogen and oxygen atoms in total. The molecule has 2 rings (SSSR count). The van der Waals surface area contributed by atoms with Crippen molar-refractivity contribution in [1.29, 1.82) is 0 Å². The Kier molecular flexibility index (Phi) is 4.27. The average Bonchev–Trinajstić information content (AvgIpc) is 2.93. The summed E-state index contributed by atoms with van der Waals surface area (Å²) in [5, 5.41) is 0.620. The van der Waals surface area contributed by atoms with Crippen molar-refractivity contribution >= 4 is 17.5 Å². The second-order valence-electron chi connectivity index (χ2n) is 4.46. The molecule has 0 saturated carbocycles. The largest absolute Gasteiger partial charge is 0.467 e. The van der Waals surface area contributed by atoms with Crippen LogP contribution in [0.2, 0.25) is 5.02 Å². The van der Waals surface area contributed by atoms with E-state index in [0.717, 1.165) is 11.3 Å². The summed E-state index contributed by atoms with van der Waals surface area (Å²) in [7, 11) is 1.77. The Labute approximate surface area is 117 Å². The van der Waals surface area contributed by atoms with Gasteiger partial charge in [0.2, 0.25) is 5.91 Å². The van der Waals surface area contributed by atoms with E-state index in [1.165, 1.54) is 0 Å². The Hall–Kier alpha value is -1.74. The minimum atomic E-state index is -0.0926. The smallest absolute Gasteiger partial charge is 0.227 e. The number of furan rings is 1. The Morgan fingerprint density at radius 3 is 2.68 bits per heavy atom. The zero-order valence-corrected chi connectivity index (χ0v) is 11.7. The molecule has 0 aliphatic heterocycles. The summed E-state index contributed by atoms with van der Waals surface area (Å²) in [6, 6.07) is 11.0. The van der Waals surface area contributed by atoms with Crippen LogP contribution in [0.1, 0.15) is 24.3 Å². The first-order valence-corrected chi connectivity index (χ1v) is 6.50. The molecule has 0 radical (unpaired) electrons. The molecule has 2 aromatic rings. The molecule has 1 unspecified atom stereocenters. The van der Waals surface area contributed by atoms with Crippen LogP contribution in [-0.2, 0) is 11.2 Å². The zero-order chi connectivity index (χ0) is 13.8. The van der Waals surface area contributed by atoms with Gasteiger partial charge in [-0.1, -0.05) is 29.8 Å². The Balaban J connectivity index is 2.06. The lowest BCUT2D eigenvalue weighted by molar-refractivity contribution is -0.131. The third kappa shape index (κ3) is 3.18. The van der Waals surface area contributed by atoms with Crippen molar-refractivity contribution in [2.75, 3.05) is 7.05 Å². The lowest BCUT2D eigenvalue weighted by atomic mass is 10.1. The van der Waals surface area contributed by atoms with Crippen LogP contribution in [-0.4, -0.2) is 17.9 Å². The highest BCUT2D eigenvalue weighted by Gasteiger charge is 2.20. The van der Waals surface area contributed by atoms with Crippen molar-refractivity contribution in [2.24, 2.45) is 0 Å². The van der Waals surface area contributed by atoms with Gasteiger partial charge >= 0.3 is 0 Å². The maximum absolute atomic E-state index is 12.2. The maximum Gasteiger partial charge on any atom is 0.227 e. The van der Waals surface area contributed by atoms with E-state index in [1.807, 2.05) is 37.3 Å². The summed E-state index contributed by atoms with van der Waals surface area (Å²) in [5.41, 5.74) is 0.840. The molecule has 0 fully saturated rings. The van der Waals surface area contributed by atoms with Crippen molar-refractivity contribution in [3.8, 4) is 0 Å². The number of carbonyl (C=O) groups excluding carboxylic acids is 1. The Bertz CT molecular complexity index is 551. The van der Waals surface area contributed by atoms with Crippen LogP contribution >= 0.6 is 11.6 Å². The summed E-state index contributed by atoms with van der Waals surface area (Å²) in [4.78, 5) is 13.9. The van der Waals surface area contributed by atoms with Crippen molar-refractivity contribution in [1.82, 2.24) is 4.90 Å². The summed E-state index contributed by atoms with van der Waals surface area (Å²) < 4.78 is 5.32. The number of hydrogen-bond acceptors (Lipinski definition) is 2. The van der Waals surface area contributed by atoms with Crippen LogP contribution in [0.5, 0.6) is 0 Å². The molecule has 19 heavy (non-hydrogen) atoms. The highest BCUT2D eigenvalue weighted by Crippen LogP contribution is 2.21. The molecule has 1 aromatic carbocycles. The van der Waals surface area contributed by atoms with Crippen LogP contribution in [0.3, 0.4) is 0 Å². The van der Waals surface area contributed by atoms with Gasteiger partial charge in [-0.2, -0.15) is 0 Å². The Morgan fingerprint density at radius 2 is 2.05 bits per heavy atom. The summed E-state index contributed by atoms with van der Waals surface area (Å²) in [6.45, 7) is 1.93. The molecule has 1 atom stereocenters. The van der Waals surface area contributed by atoms with Gasteiger partial charge in [-0.15, -0.1) is 0 Å². The lowest BCUT2D eigenvalue weighted by Gasteiger charge is -2.23. The topological polar surface area (TPSA) is 33.5 Å². The monoisotopic (exact) mass is 277 g/mol. The molecule has 100 valence electrons. The van der Waals surface area contributed by atoms with E-state index in [-0.39, 0.29) is 11.9 Å². The predicted molar refractivity (Wildman–Crippen MR) is 75.0 cm³/mol. The van der Waals surface area contributed by atoms with E-state index in [0.29, 0.717) is 11.4 Å². The van der Waals surface area contributed by atoms with Crippen LogP contribution < -0.4 is 0 Å². The number of nitrogens with zero attached hydrogens (tertiary/aromatic N) is 1. The molecular weight excluding hydrogens is 262 g/mol. The predicted octanol–water partition coefficient (Wildman–Crippen LogP) is 3.70. The number of carbonyl (C=O) groups is 1. The average molecular weight is 278 g/mol. The first-order chi connectivity index (χ1) is 9.09. The van der Waals surface area contributed by atoms with E-state index < -0.39 is 0 Å². The fourth-order valence-corrected chi connectivity index (χ4v) is 2.07. The van der Waals surface area contributed by atoms with Crippen molar-refractivity contribution < 1.29 is 9.21 Å². The molecule has 4 heteroatoms. The van der Waals surface area contributed by atoms with Crippen molar-refractivity contribution in [3.05, 3.63) is 59.0 Å². The number of benzene rings is 1. The molecule has 0 saturated heterocycles. The lowest BCUT2D eigenvalue weighted by Crippen LogP contribution is -2.30. The van der Waals surface area contributed by atoms with Crippen molar-refractivity contribution in [2.45, 2.75) is 19.4 Å². The van der Waals surface area contributed by atoms with Gasteiger partial charge in [0.25, 0.3) is 0 Å². The number of hydrogen-bond donors (Lipinski definition) is 0. The maximum atomic E-state index is 12.2. The number of rotatable bonds is 4. The van der Waals surface area contributed by atoms with Gasteiger partial charge < -0.3 is 9.32 Å². The molecule has 1 aromatic heterocycles. The van der Waals surface area contributed by atoms with Gasteiger partial charge in [0.05, 0.1) is 18.7 Å². The van der Waals surface area contributed by atoms with E-state index in [4.69, 9.17) is 16.0 Å².